The van der Waals surface area contributed by atoms with E-state index < -0.39 is 0 Å². The van der Waals surface area contributed by atoms with Crippen LogP contribution < -0.4 is 0 Å². The van der Waals surface area contributed by atoms with E-state index >= 15 is 0 Å². The van der Waals surface area contributed by atoms with Gasteiger partial charge >= 0.3 is 0 Å². The first-order chi connectivity index (χ1) is 10.3. The van der Waals surface area contributed by atoms with Gasteiger partial charge in [0.1, 0.15) is 12.6 Å². The van der Waals surface area contributed by atoms with Crippen LogP contribution in [0.3, 0.4) is 0 Å². The fourth-order valence-corrected chi connectivity index (χ4v) is 1.58. The van der Waals surface area contributed by atoms with E-state index in [0.717, 1.165) is 49.4 Å². The number of hydrogen-bond acceptors (Lipinski definition) is 2. The van der Waals surface area contributed by atoms with Crippen LogP contribution in [0.4, 0.5) is 0 Å². The van der Waals surface area contributed by atoms with Crippen molar-refractivity contribution in [3.05, 3.63) is 46.6 Å². The molecule has 0 saturated heterocycles. The molecule has 0 saturated carbocycles. The van der Waals surface area contributed by atoms with Gasteiger partial charge in [-0.1, -0.05) is 34.4 Å². The second-order valence-electron chi connectivity index (χ2n) is 5.94. The van der Waals surface area contributed by atoms with Crippen LogP contribution in [-0.2, 0) is 31.3 Å². The Morgan fingerprint density at radius 3 is 1.17 bits per heavy atom. The van der Waals surface area contributed by atoms with Crippen LogP contribution >= 0.6 is 0 Å². The largest absolute Gasteiger partial charge is 0.299 e. The van der Waals surface area contributed by atoms with Gasteiger partial charge < -0.3 is 0 Å². The van der Waals surface area contributed by atoms with Crippen LogP contribution in [0.25, 0.3) is 0 Å². The molecule has 0 aliphatic heterocycles. The van der Waals surface area contributed by atoms with Crippen molar-refractivity contribution < 1.29 is 31.3 Å². The molecule has 0 rings (SSSR count). The van der Waals surface area contributed by atoms with E-state index in [4.69, 9.17) is 0 Å². The fraction of sp³-hybridized carbons (Fsp3) is 0.500. The zero-order valence-corrected chi connectivity index (χ0v) is 17.2. The number of aldehydes is 2. The molecule has 0 atom stereocenters. The molecule has 3 heteroatoms. The Morgan fingerprint density at radius 1 is 0.652 bits per heavy atom. The molecular weight excluding hydrogens is 320 g/mol. The molecule has 23 heavy (non-hydrogen) atoms. The van der Waals surface area contributed by atoms with Crippen molar-refractivity contribution in [1.29, 1.82) is 0 Å². The summed E-state index contributed by atoms with van der Waals surface area (Å²) in [5.74, 6) is 0. The molecule has 128 valence electrons. The molecule has 0 radical (unpaired) electrons. The minimum absolute atomic E-state index is 0. The average molecular weight is 352 g/mol. The molecule has 2 nitrogen and oxygen atoms in total. The Bertz CT molecular complexity index is 391. The maximum absolute atomic E-state index is 10.0. The van der Waals surface area contributed by atoms with Crippen LogP contribution in [-0.4, -0.2) is 12.6 Å². The van der Waals surface area contributed by atoms with Gasteiger partial charge in [0.15, 0.2) is 0 Å². The maximum atomic E-state index is 10.0. The van der Waals surface area contributed by atoms with Gasteiger partial charge in [0.05, 0.1) is 0 Å². The summed E-state index contributed by atoms with van der Waals surface area (Å²) >= 11 is 0. The molecule has 0 bridgehead atoms. The summed E-state index contributed by atoms with van der Waals surface area (Å²) in [6.07, 6.45) is 13.4. The normalized spacial score (nSPS) is 10.5. The summed E-state index contributed by atoms with van der Waals surface area (Å²) in [6.45, 7) is 12.3. The molecule has 0 unspecified atom stereocenters. The van der Waals surface area contributed by atoms with Gasteiger partial charge in [-0.2, -0.15) is 0 Å². The van der Waals surface area contributed by atoms with Crippen molar-refractivity contribution in [3.8, 4) is 0 Å². The third-order valence-electron chi connectivity index (χ3n) is 2.89. The number of hydrogen-bond donors (Lipinski definition) is 0. The third kappa shape index (κ3) is 26.2. The molecule has 0 aromatic heterocycles. The summed E-state index contributed by atoms with van der Waals surface area (Å²) in [6, 6.07) is 0. The van der Waals surface area contributed by atoms with Crippen molar-refractivity contribution in [2.24, 2.45) is 0 Å². The predicted molar refractivity (Wildman–Crippen MR) is 97.0 cm³/mol. The molecule has 0 aliphatic carbocycles. The molecule has 0 N–H and O–H groups in total. The van der Waals surface area contributed by atoms with Crippen LogP contribution in [0.1, 0.15) is 67.2 Å². The summed E-state index contributed by atoms with van der Waals surface area (Å²) in [4.78, 5) is 20.0. The monoisotopic (exact) mass is 352 g/mol. The first-order valence-electron chi connectivity index (χ1n) is 7.82. The van der Waals surface area contributed by atoms with E-state index in [-0.39, 0.29) is 21.7 Å². The number of carbonyl (C=O) groups is 2. The van der Waals surface area contributed by atoms with E-state index in [2.05, 4.69) is 39.8 Å². The first-order valence-corrected chi connectivity index (χ1v) is 7.82. The molecule has 0 aromatic rings. The van der Waals surface area contributed by atoms with Gasteiger partial charge in [-0.3, -0.25) is 9.59 Å². The molecule has 0 amide bonds. The summed E-state index contributed by atoms with van der Waals surface area (Å²) < 4.78 is 0. The third-order valence-corrected chi connectivity index (χ3v) is 2.89. The second kappa shape index (κ2) is 19.1. The zero-order chi connectivity index (χ0) is 17.4. The Kier molecular flexibility index (Phi) is 22.3. The quantitative estimate of drug-likeness (QED) is 0.241. The Hall–Kier alpha value is -0.986. The fourth-order valence-electron chi connectivity index (χ4n) is 1.58. The van der Waals surface area contributed by atoms with Crippen LogP contribution in [0.2, 0.25) is 0 Å². The Morgan fingerprint density at radius 2 is 0.957 bits per heavy atom. The molecule has 0 fully saturated rings. The minimum Gasteiger partial charge on any atom is -0.299 e. The molecular formula is C20H32O2Ti. The van der Waals surface area contributed by atoms with E-state index in [0.29, 0.717) is 0 Å². The van der Waals surface area contributed by atoms with Crippen molar-refractivity contribution in [2.45, 2.75) is 67.2 Å². The average Bonchev–Trinajstić information content (AvgIpc) is 2.39. The van der Waals surface area contributed by atoms with Crippen LogP contribution in [0, 0.1) is 0 Å². The van der Waals surface area contributed by atoms with Crippen LogP contribution in [0.5, 0.6) is 0 Å². The van der Waals surface area contributed by atoms with E-state index in [9.17, 15) is 9.59 Å². The van der Waals surface area contributed by atoms with Crippen molar-refractivity contribution >= 4 is 12.6 Å². The smallest absolute Gasteiger partial charge is 0.142 e. The van der Waals surface area contributed by atoms with Gasteiger partial charge in [-0.15, -0.1) is 0 Å². The van der Waals surface area contributed by atoms with Crippen molar-refractivity contribution in [1.82, 2.24) is 0 Å². The SMILES string of the molecule is CC(C)=CCC/C(C)=C\C=O.CC(C)=CCC/C(C)=C\C=O.[Ti]. The zero-order valence-electron chi connectivity index (χ0n) is 15.6. The van der Waals surface area contributed by atoms with Gasteiger partial charge in [-0.05, 0) is 79.4 Å². The van der Waals surface area contributed by atoms with Crippen molar-refractivity contribution in [2.75, 3.05) is 0 Å². The Balaban J connectivity index is -0.000000333. The molecule has 0 aliphatic rings. The topological polar surface area (TPSA) is 34.1 Å². The van der Waals surface area contributed by atoms with E-state index in [1.54, 1.807) is 12.2 Å². The Labute approximate surface area is 157 Å². The molecule has 0 spiro atoms. The van der Waals surface area contributed by atoms with Gasteiger partial charge in [0, 0.05) is 21.7 Å². The molecule has 0 heterocycles. The second-order valence-corrected chi connectivity index (χ2v) is 5.94. The molecule has 0 aromatic carbocycles. The number of rotatable bonds is 8. The number of allylic oxidation sites excluding steroid dienone is 8. The predicted octanol–water partition coefficient (Wildman–Crippen LogP) is 5.75. The van der Waals surface area contributed by atoms with E-state index in [1.165, 1.54) is 11.1 Å². The summed E-state index contributed by atoms with van der Waals surface area (Å²) in [5, 5.41) is 0. The van der Waals surface area contributed by atoms with Gasteiger partial charge in [0.2, 0.25) is 0 Å². The van der Waals surface area contributed by atoms with Crippen LogP contribution in [0.15, 0.2) is 46.6 Å². The van der Waals surface area contributed by atoms with Gasteiger partial charge in [0.25, 0.3) is 0 Å². The summed E-state index contributed by atoms with van der Waals surface area (Å²) in [5.41, 5.74) is 4.97. The number of carbonyl (C=O) groups excluding carboxylic acids is 2. The first kappa shape index (κ1) is 26.9. The maximum Gasteiger partial charge on any atom is 0.142 e. The van der Waals surface area contributed by atoms with Gasteiger partial charge in [-0.25, -0.2) is 0 Å². The minimum atomic E-state index is 0. The summed E-state index contributed by atoms with van der Waals surface area (Å²) in [7, 11) is 0. The van der Waals surface area contributed by atoms with Crippen molar-refractivity contribution in [3.63, 3.8) is 0 Å². The standard InChI is InChI=1S/2C10H16O.Ti/c2*1-9(2)5-4-6-10(3)7-8-11;/h2*5,7-8H,4,6H2,1-3H3;/b2*10-7-;. The van der Waals surface area contributed by atoms with E-state index in [1.807, 2.05) is 13.8 Å².